The SMILES string of the molecule is CC/C=C\C/C=C\C/C=C\CCCCCC(=O)NC(COP(=O)(O)OCC[N+](C)(C)C)C(O)CCCCCCCCCCCCCCCCCCCCCCCC. The number of carbonyl (C=O) groups excluding carboxylic acids is 1. The zero-order valence-corrected chi connectivity index (χ0v) is 39.0. The van der Waals surface area contributed by atoms with Gasteiger partial charge in [0.05, 0.1) is 39.9 Å². The molecule has 3 atom stereocenters. The molecule has 0 aliphatic carbocycles. The molecule has 8 nitrogen and oxygen atoms in total. The van der Waals surface area contributed by atoms with Crippen molar-refractivity contribution >= 4 is 13.7 Å². The maximum Gasteiger partial charge on any atom is 0.472 e. The van der Waals surface area contributed by atoms with Crippen LogP contribution in [0.25, 0.3) is 0 Å². The number of hydrogen-bond acceptors (Lipinski definition) is 5. The summed E-state index contributed by atoms with van der Waals surface area (Å²) >= 11 is 0. The quantitative estimate of drug-likeness (QED) is 0.0245. The normalized spacial score (nSPS) is 14.6. The molecule has 0 rings (SSSR count). The highest BCUT2D eigenvalue weighted by Gasteiger charge is 2.28. The van der Waals surface area contributed by atoms with Crippen LogP contribution in [-0.4, -0.2) is 73.4 Å². The van der Waals surface area contributed by atoms with Gasteiger partial charge in [0.15, 0.2) is 0 Å². The molecule has 1 amide bonds. The predicted octanol–water partition coefficient (Wildman–Crippen LogP) is 13.5. The van der Waals surface area contributed by atoms with E-state index in [1.807, 2.05) is 21.1 Å². The second kappa shape index (κ2) is 40.1. The number of amides is 1. The molecule has 0 saturated heterocycles. The maximum absolute atomic E-state index is 12.9. The number of aliphatic hydroxyl groups excluding tert-OH is 1. The lowest BCUT2D eigenvalue weighted by molar-refractivity contribution is -0.870. The third-order valence-electron chi connectivity index (χ3n) is 10.7. The van der Waals surface area contributed by atoms with Gasteiger partial charge in [0.2, 0.25) is 5.91 Å². The van der Waals surface area contributed by atoms with Crippen molar-refractivity contribution in [2.24, 2.45) is 0 Å². The summed E-state index contributed by atoms with van der Waals surface area (Å²) in [4.78, 5) is 23.1. The van der Waals surface area contributed by atoms with Gasteiger partial charge in [-0.15, -0.1) is 0 Å². The minimum atomic E-state index is -4.32. The molecule has 3 unspecified atom stereocenters. The molecule has 336 valence electrons. The van der Waals surface area contributed by atoms with Crippen LogP contribution in [0.15, 0.2) is 36.5 Å². The van der Waals surface area contributed by atoms with Crippen molar-refractivity contribution in [2.45, 2.75) is 225 Å². The molecular formula is C48H94N2O6P+. The summed E-state index contributed by atoms with van der Waals surface area (Å²) in [5.41, 5.74) is 0. The van der Waals surface area contributed by atoms with Crippen molar-refractivity contribution in [2.75, 3.05) is 40.9 Å². The average molecular weight is 826 g/mol. The van der Waals surface area contributed by atoms with Gasteiger partial charge < -0.3 is 19.8 Å². The Morgan fingerprint density at radius 3 is 1.53 bits per heavy atom. The first kappa shape index (κ1) is 55.7. The summed E-state index contributed by atoms with van der Waals surface area (Å²) in [6, 6.07) is -0.775. The number of phosphoric ester groups is 1. The summed E-state index contributed by atoms with van der Waals surface area (Å²) < 4.78 is 23.6. The largest absolute Gasteiger partial charge is 0.472 e. The number of quaternary nitrogens is 1. The standard InChI is InChI=1S/C48H93N2O6P/c1-6-8-10-12-14-16-18-20-21-22-23-24-25-26-27-28-30-31-33-35-37-39-41-47(51)46(45-56-57(53,54)55-44-43-50(3,4)5)49-48(52)42-40-38-36-34-32-29-19-17-15-13-11-9-7-2/h9,11,15,17,29,32,46-47,51H,6-8,10,12-14,16,18-28,30-31,33-45H2,1-5H3,(H-,49,52,53,54)/p+1/b11-9-,17-15-,32-29-. The lowest BCUT2D eigenvalue weighted by atomic mass is 10.0. The fourth-order valence-corrected chi connectivity index (χ4v) is 7.62. The van der Waals surface area contributed by atoms with Crippen LogP contribution in [0.1, 0.15) is 213 Å². The molecule has 0 aromatic heterocycles. The van der Waals surface area contributed by atoms with Gasteiger partial charge in [-0.3, -0.25) is 13.8 Å². The van der Waals surface area contributed by atoms with Crippen LogP contribution in [-0.2, 0) is 18.4 Å². The molecule has 9 heteroatoms. The van der Waals surface area contributed by atoms with Gasteiger partial charge in [0.1, 0.15) is 13.2 Å². The Morgan fingerprint density at radius 2 is 1.05 bits per heavy atom. The van der Waals surface area contributed by atoms with Crippen molar-refractivity contribution in [3.63, 3.8) is 0 Å². The zero-order valence-electron chi connectivity index (χ0n) is 38.1. The first-order valence-corrected chi connectivity index (χ1v) is 25.3. The number of unbranched alkanes of at least 4 members (excludes halogenated alkanes) is 24. The lowest BCUT2D eigenvalue weighted by Gasteiger charge is -2.26. The van der Waals surface area contributed by atoms with Gasteiger partial charge in [-0.1, -0.05) is 198 Å². The van der Waals surface area contributed by atoms with Crippen LogP contribution in [0.5, 0.6) is 0 Å². The molecule has 57 heavy (non-hydrogen) atoms. The Bertz CT molecular complexity index is 1030. The monoisotopic (exact) mass is 826 g/mol. The van der Waals surface area contributed by atoms with Crippen molar-refractivity contribution in [3.05, 3.63) is 36.5 Å². The number of likely N-dealkylation sites (N-methyl/N-ethyl adjacent to an activating group) is 1. The highest BCUT2D eigenvalue weighted by atomic mass is 31.2. The lowest BCUT2D eigenvalue weighted by Crippen LogP contribution is -2.46. The van der Waals surface area contributed by atoms with Gasteiger partial charge in [0.25, 0.3) is 0 Å². The van der Waals surface area contributed by atoms with Crippen molar-refractivity contribution < 1.29 is 32.9 Å². The number of nitrogens with one attached hydrogen (secondary N) is 1. The molecule has 0 aromatic rings. The molecule has 3 N–H and O–H groups in total. The Hall–Kier alpha value is -1.28. The first-order valence-electron chi connectivity index (χ1n) is 23.9. The van der Waals surface area contributed by atoms with E-state index in [0.29, 0.717) is 23.9 Å². The molecule has 0 radical (unpaired) electrons. The molecule has 0 saturated carbocycles. The Morgan fingerprint density at radius 1 is 0.614 bits per heavy atom. The average Bonchev–Trinajstić information content (AvgIpc) is 3.16. The number of carbonyl (C=O) groups is 1. The minimum Gasteiger partial charge on any atom is -0.391 e. The molecular weight excluding hydrogens is 732 g/mol. The van der Waals surface area contributed by atoms with Gasteiger partial charge in [-0.25, -0.2) is 4.57 Å². The smallest absolute Gasteiger partial charge is 0.391 e. The Labute approximate surface area is 353 Å². The van der Waals surface area contributed by atoms with Crippen molar-refractivity contribution in [3.8, 4) is 0 Å². The van der Waals surface area contributed by atoms with Crippen LogP contribution in [0, 0.1) is 0 Å². The number of nitrogens with zero attached hydrogens (tertiary/aromatic N) is 1. The molecule has 0 fully saturated rings. The zero-order chi connectivity index (χ0) is 42.1. The second-order valence-corrected chi connectivity index (χ2v) is 18.9. The number of aliphatic hydroxyl groups is 1. The van der Waals surface area contributed by atoms with Crippen LogP contribution in [0.3, 0.4) is 0 Å². The van der Waals surface area contributed by atoms with E-state index in [9.17, 15) is 19.4 Å². The highest BCUT2D eigenvalue weighted by Crippen LogP contribution is 2.43. The number of phosphoric acid groups is 1. The molecule has 0 aromatic carbocycles. The van der Waals surface area contributed by atoms with E-state index < -0.39 is 20.0 Å². The predicted molar refractivity (Wildman–Crippen MR) is 244 cm³/mol. The van der Waals surface area contributed by atoms with Gasteiger partial charge in [-0.05, 0) is 44.9 Å². The summed E-state index contributed by atoms with van der Waals surface area (Å²) in [6.07, 6.45) is 49.0. The fraction of sp³-hybridized carbons (Fsp3) is 0.854. The molecule has 0 bridgehead atoms. The minimum absolute atomic E-state index is 0.0683. The van der Waals surface area contributed by atoms with Crippen LogP contribution < -0.4 is 5.32 Å². The third-order valence-corrected chi connectivity index (χ3v) is 11.6. The summed E-state index contributed by atoms with van der Waals surface area (Å²) in [5.74, 6) is -0.173. The first-order chi connectivity index (χ1) is 27.5. The van der Waals surface area contributed by atoms with Crippen LogP contribution >= 0.6 is 7.82 Å². The number of rotatable bonds is 43. The molecule has 0 spiro atoms. The van der Waals surface area contributed by atoms with Crippen LogP contribution in [0.2, 0.25) is 0 Å². The molecule has 0 aliphatic rings. The summed E-state index contributed by atoms with van der Waals surface area (Å²) in [6.45, 7) is 4.76. The maximum atomic E-state index is 12.9. The van der Waals surface area contributed by atoms with E-state index in [2.05, 4.69) is 55.6 Å². The van der Waals surface area contributed by atoms with Gasteiger partial charge in [-0.2, -0.15) is 0 Å². The van der Waals surface area contributed by atoms with E-state index in [1.165, 1.54) is 122 Å². The van der Waals surface area contributed by atoms with Gasteiger partial charge in [0, 0.05) is 6.42 Å². The molecule has 0 aliphatic heterocycles. The van der Waals surface area contributed by atoms with Crippen molar-refractivity contribution in [1.29, 1.82) is 0 Å². The fourth-order valence-electron chi connectivity index (χ4n) is 6.88. The van der Waals surface area contributed by atoms with Gasteiger partial charge >= 0.3 is 7.82 Å². The van der Waals surface area contributed by atoms with E-state index in [-0.39, 0.29) is 19.1 Å². The number of allylic oxidation sites excluding steroid dienone is 6. The van der Waals surface area contributed by atoms with Crippen molar-refractivity contribution in [1.82, 2.24) is 5.32 Å². The third kappa shape index (κ3) is 42.6. The summed E-state index contributed by atoms with van der Waals surface area (Å²) in [7, 11) is 1.59. The van der Waals surface area contributed by atoms with E-state index in [1.54, 1.807) is 0 Å². The van der Waals surface area contributed by atoms with E-state index in [4.69, 9.17) is 9.05 Å². The summed E-state index contributed by atoms with van der Waals surface area (Å²) in [5, 5.41) is 14.0. The van der Waals surface area contributed by atoms with E-state index >= 15 is 0 Å². The Balaban J connectivity index is 4.27. The number of hydrogen-bond donors (Lipinski definition) is 3. The highest BCUT2D eigenvalue weighted by molar-refractivity contribution is 7.47. The molecule has 0 heterocycles. The Kier molecular flexibility index (Phi) is 39.2. The van der Waals surface area contributed by atoms with E-state index in [0.717, 1.165) is 64.2 Å². The second-order valence-electron chi connectivity index (χ2n) is 17.5. The topological polar surface area (TPSA) is 105 Å². The van der Waals surface area contributed by atoms with Crippen LogP contribution in [0.4, 0.5) is 0 Å².